The minimum atomic E-state index is -0.433. The standard InChI is InChI=1S/C16H24ClNO/c1-2-11(7-14(19)10-18)15-8-12-5-3-4-6-13(12)9-16(15)17/h8-9,11,14,19H,2-7,10,18H2,1H3. The molecule has 0 saturated carbocycles. The third-order valence-corrected chi connectivity index (χ3v) is 4.55. The molecule has 19 heavy (non-hydrogen) atoms. The second-order valence-electron chi connectivity index (χ2n) is 5.58. The molecule has 1 aromatic carbocycles. The van der Waals surface area contributed by atoms with Crippen molar-refractivity contribution in [3.63, 3.8) is 0 Å². The van der Waals surface area contributed by atoms with Crippen LogP contribution in [0.25, 0.3) is 0 Å². The van der Waals surface area contributed by atoms with Crippen LogP contribution in [-0.4, -0.2) is 17.8 Å². The predicted octanol–water partition coefficient (Wildman–Crippen LogP) is 3.42. The van der Waals surface area contributed by atoms with Gasteiger partial charge in [-0.05, 0) is 67.2 Å². The lowest BCUT2D eigenvalue weighted by Crippen LogP contribution is -2.22. The highest BCUT2D eigenvalue weighted by atomic mass is 35.5. The molecule has 2 unspecified atom stereocenters. The number of aliphatic hydroxyl groups is 1. The minimum absolute atomic E-state index is 0.304. The summed E-state index contributed by atoms with van der Waals surface area (Å²) in [4.78, 5) is 0. The van der Waals surface area contributed by atoms with Gasteiger partial charge in [0.15, 0.2) is 0 Å². The molecule has 0 fully saturated rings. The third kappa shape index (κ3) is 3.50. The van der Waals surface area contributed by atoms with Crippen molar-refractivity contribution in [3.8, 4) is 0 Å². The van der Waals surface area contributed by atoms with Crippen LogP contribution in [0.4, 0.5) is 0 Å². The maximum absolute atomic E-state index is 9.78. The fourth-order valence-corrected chi connectivity index (χ4v) is 3.37. The molecule has 0 radical (unpaired) electrons. The molecule has 0 saturated heterocycles. The first kappa shape index (κ1) is 14.8. The molecule has 106 valence electrons. The molecule has 2 atom stereocenters. The van der Waals surface area contributed by atoms with Crippen molar-refractivity contribution in [1.82, 2.24) is 0 Å². The number of benzene rings is 1. The number of nitrogens with two attached hydrogens (primary N) is 1. The van der Waals surface area contributed by atoms with Crippen molar-refractivity contribution in [2.45, 2.75) is 57.5 Å². The number of aliphatic hydroxyl groups excluding tert-OH is 1. The molecule has 2 rings (SSSR count). The van der Waals surface area contributed by atoms with Crippen molar-refractivity contribution >= 4 is 11.6 Å². The van der Waals surface area contributed by atoms with Gasteiger partial charge in [-0.15, -0.1) is 0 Å². The summed E-state index contributed by atoms with van der Waals surface area (Å²) in [5.41, 5.74) is 9.57. The summed E-state index contributed by atoms with van der Waals surface area (Å²) in [5.74, 6) is 0.304. The van der Waals surface area contributed by atoms with E-state index < -0.39 is 6.10 Å². The monoisotopic (exact) mass is 281 g/mol. The number of halogens is 1. The second-order valence-corrected chi connectivity index (χ2v) is 5.99. The van der Waals surface area contributed by atoms with E-state index in [0.717, 1.165) is 24.3 Å². The highest BCUT2D eigenvalue weighted by Gasteiger charge is 2.20. The molecule has 3 N–H and O–H groups in total. The van der Waals surface area contributed by atoms with E-state index in [9.17, 15) is 5.11 Å². The Bertz CT molecular complexity index is 433. The van der Waals surface area contributed by atoms with Crippen molar-refractivity contribution in [1.29, 1.82) is 0 Å². The van der Waals surface area contributed by atoms with E-state index in [0.29, 0.717) is 18.9 Å². The van der Waals surface area contributed by atoms with Crippen molar-refractivity contribution < 1.29 is 5.11 Å². The first-order chi connectivity index (χ1) is 9.15. The average Bonchev–Trinajstić information content (AvgIpc) is 2.44. The molecule has 0 aromatic heterocycles. The van der Waals surface area contributed by atoms with Gasteiger partial charge < -0.3 is 10.8 Å². The molecule has 2 nitrogen and oxygen atoms in total. The van der Waals surface area contributed by atoms with Crippen LogP contribution in [0.2, 0.25) is 5.02 Å². The molecular weight excluding hydrogens is 258 g/mol. The normalized spacial score (nSPS) is 17.9. The maximum atomic E-state index is 9.78. The fourth-order valence-electron chi connectivity index (χ4n) is 3.03. The first-order valence-electron chi connectivity index (χ1n) is 7.35. The lowest BCUT2D eigenvalue weighted by molar-refractivity contribution is 0.162. The zero-order chi connectivity index (χ0) is 13.8. The molecule has 0 heterocycles. The van der Waals surface area contributed by atoms with E-state index >= 15 is 0 Å². The zero-order valence-electron chi connectivity index (χ0n) is 11.7. The Labute approximate surface area is 121 Å². The molecule has 1 aliphatic rings. The van der Waals surface area contributed by atoms with Crippen molar-refractivity contribution in [3.05, 3.63) is 33.8 Å². The van der Waals surface area contributed by atoms with Gasteiger partial charge >= 0.3 is 0 Å². The number of rotatable bonds is 5. The van der Waals surface area contributed by atoms with E-state index in [2.05, 4.69) is 19.1 Å². The summed E-state index contributed by atoms with van der Waals surface area (Å²) >= 11 is 6.45. The summed E-state index contributed by atoms with van der Waals surface area (Å²) in [6, 6.07) is 4.41. The van der Waals surface area contributed by atoms with E-state index in [1.54, 1.807) is 0 Å². The van der Waals surface area contributed by atoms with Crippen LogP contribution in [0.5, 0.6) is 0 Å². The first-order valence-corrected chi connectivity index (χ1v) is 7.72. The highest BCUT2D eigenvalue weighted by Crippen LogP contribution is 2.35. The van der Waals surface area contributed by atoms with Crippen LogP contribution in [0.1, 0.15) is 55.2 Å². The number of aryl methyl sites for hydroxylation is 2. The Kier molecular flexibility index (Phi) is 5.26. The van der Waals surface area contributed by atoms with Gasteiger partial charge in [0.1, 0.15) is 0 Å². The average molecular weight is 282 g/mol. The Morgan fingerprint density at radius 3 is 2.47 bits per heavy atom. The molecule has 0 amide bonds. The van der Waals surface area contributed by atoms with Gasteiger partial charge in [0.2, 0.25) is 0 Å². The van der Waals surface area contributed by atoms with Crippen LogP contribution >= 0.6 is 11.6 Å². The number of hydrogen-bond donors (Lipinski definition) is 2. The van der Waals surface area contributed by atoms with Crippen LogP contribution in [-0.2, 0) is 12.8 Å². The Morgan fingerprint density at radius 1 is 1.26 bits per heavy atom. The van der Waals surface area contributed by atoms with Crippen LogP contribution in [0.15, 0.2) is 12.1 Å². The fraction of sp³-hybridized carbons (Fsp3) is 0.625. The van der Waals surface area contributed by atoms with Gasteiger partial charge in [-0.2, -0.15) is 0 Å². The summed E-state index contributed by atoms with van der Waals surface area (Å²) in [5, 5.41) is 10.6. The zero-order valence-corrected chi connectivity index (χ0v) is 12.4. The Hall–Kier alpha value is -0.570. The third-order valence-electron chi connectivity index (χ3n) is 4.22. The van der Waals surface area contributed by atoms with Gasteiger partial charge in [0.05, 0.1) is 6.10 Å². The van der Waals surface area contributed by atoms with Crippen LogP contribution in [0.3, 0.4) is 0 Å². The van der Waals surface area contributed by atoms with Crippen LogP contribution < -0.4 is 5.73 Å². The SMILES string of the molecule is CCC(CC(O)CN)c1cc2c(cc1Cl)CCCC2. The molecule has 1 aromatic rings. The van der Waals surface area contributed by atoms with Crippen LogP contribution in [0, 0.1) is 0 Å². The predicted molar refractivity (Wildman–Crippen MR) is 80.8 cm³/mol. The number of hydrogen-bond acceptors (Lipinski definition) is 2. The topological polar surface area (TPSA) is 46.2 Å². The molecule has 0 bridgehead atoms. The smallest absolute Gasteiger partial charge is 0.0668 e. The van der Waals surface area contributed by atoms with E-state index in [-0.39, 0.29) is 0 Å². The molecule has 0 aliphatic heterocycles. The Balaban J connectivity index is 2.26. The Morgan fingerprint density at radius 2 is 1.89 bits per heavy atom. The van der Waals surface area contributed by atoms with Gasteiger partial charge in [-0.3, -0.25) is 0 Å². The summed E-state index contributed by atoms with van der Waals surface area (Å²) in [6.45, 7) is 2.46. The summed E-state index contributed by atoms with van der Waals surface area (Å²) in [6.07, 6.45) is 6.10. The van der Waals surface area contributed by atoms with E-state index in [1.807, 2.05) is 0 Å². The van der Waals surface area contributed by atoms with Gasteiger partial charge in [-0.1, -0.05) is 24.6 Å². The largest absolute Gasteiger partial charge is 0.392 e. The van der Waals surface area contributed by atoms with E-state index in [4.69, 9.17) is 17.3 Å². The minimum Gasteiger partial charge on any atom is -0.392 e. The molecule has 0 spiro atoms. The number of fused-ring (bicyclic) bond motifs is 1. The molecule has 3 heteroatoms. The molecule has 1 aliphatic carbocycles. The second kappa shape index (κ2) is 6.74. The highest BCUT2D eigenvalue weighted by molar-refractivity contribution is 6.31. The quantitative estimate of drug-likeness (QED) is 0.869. The summed E-state index contributed by atoms with van der Waals surface area (Å²) in [7, 11) is 0. The van der Waals surface area contributed by atoms with Crippen molar-refractivity contribution in [2.24, 2.45) is 5.73 Å². The maximum Gasteiger partial charge on any atom is 0.0668 e. The molecular formula is C16H24ClNO. The van der Waals surface area contributed by atoms with Gasteiger partial charge in [-0.25, -0.2) is 0 Å². The lowest BCUT2D eigenvalue weighted by atomic mass is 9.85. The van der Waals surface area contributed by atoms with E-state index in [1.165, 1.54) is 29.5 Å². The summed E-state index contributed by atoms with van der Waals surface area (Å²) < 4.78 is 0. The van der Waals surface area contributed by atoms with Crippen molar-refractivity contribution in [2.75, 3.05) is 6.54 Å². The van der Waals surface area contributed by atoms with Gasteiger partial charge in [0, 0.05) is 11.6 Å². The lowest BCUT2D eigenvalue weighted by Gasteiger charge is -2.23. The van der Waals surface area contributed by atoms with Gasteiger partial charge in [0.25, 0.3) is 0 Å².